The molecule has 2 atom stereocenters. The van der Waals surface area contributed by atoms with Crippen LogP contribution in [0.15, 0.2) is 6.07 Å². The first-order valence-corrected chi connectivity index (χ1v) is 10.7. The van der Waals surface area contributed by atoms with E-state index in [1.165, 1.54) is 11.3 Å². The maximum absolute atomic E-state index is 12.5. The van der Waals surface area contributed by atoms with Crippen molar-refractivity contribution in [2.75, 3.05) is 31.5 Å². The van der Waals surface area contributed by atoms with Gasteiger partial charge >= 0.3 is 12.1 Å². The summed E-state index contributed by atoms with van der Waals surface area (Å²) in [7, 11) is 0. The number of anilines is 1. The van der Waals surface area contributed by atoms with E-state index in [-0.39, 0.29) is 22.4 Å². The van der Waals surface area contributed by atoms with Crippen LogP contribution in [0, 0.1) is 17.3 Å². The number of thiophene rings is 1. The van der Waals surface area contributed by atoms with Crippen molar-refractivity contribution in [1.29, 1.82) is 0 Å². The van der Waals surface area contributed by atoms with Gasteiger partial charge in [0.2, 0.25) is 0 Å². The SMILES string of the molecule is CC(C)(C)C#Cc1cc(N[C@H]2CCN(C(=O)OC3(C)CCNC3)C2)c(C(=O)O)s1. The van der Waals surface area contributed by atoms with E-state index >= 15 is 0 Å². The first-order chi connectivity index (χ1) is 13.5. The average molecular weight is 420 g/mol. The number of hydrogen-bond acceptors (Lipinski definition) is 6. The third kappa shape index (κ3) is 5.64. The van der Waals surface area contributed by atoms with Gasteiger partial charge in [0.15, 0.2) is 0 Å². The fraction of sp³-hybridized carbons (Fsp3) is 0.619. The highest BCUT2D eigenvalue weighted by atomic mass is 32.1. The number of nitrogens with zero attached hydrogens (tertiary/aromatic N) is 1. The standard InChI is InChI=1S/C21H29N3O4S/c1-20(2,3)7-5-15-11-16(17(29-15)18(25)26)23-14-6-10-24(12-14)19(27)28-21(4)8-9-22-13-21/h11,14,22-23H,6,8-10,12-13H2,1-4H3,(H,25,26)/t14-,21?/m0/s1. The minimum atomic E-state index is -0.975. The highest BCUT2D eigenvalue weighted by Gasteiger charge is 2.36. The largest absolute Gasteiger partial charge is 0.477 e. The van der Waals surface area contributed by atoms with Crippen LogP contribution >= 0.6 is 11.3 Å². The molecular formula is C21H29N3O4S. The summed E-state index contributed by atoms with van der Waals surface area (Å²) in [5.74, 6) is 5.23. The van der Waals surface area contributed by atoms with Crippen LogP contribution in [0.3, 0.4) is 0 Å². The van der Waals surface area contributed by atoms with Gasteiger partial charge in [0.05, 0.1) is 10.6 Å². The van der Waals surface area contributed by atoms with Gasteiger partial charge in [0.25, 0.3) is 0 Å². The zero-order valence-corrected chi connectivity index (χ0v) is 18.2. The normalized spacial score (nSPS) is 24.1. The van der Waals surface area contributed by atoms with Crippen LogP contribution in [0.2, 0.25) is 0 Å². The Hall–Kier alpha value is -2.24. The quantitative estimate of drug-likeness (QED) is 0.649. The minimum absolute atomic E-state index is 0.0202. The molecule has 0 saturated carbocycles. The van der Waals surface area contributed by atoms with Crippen LogP contribution in [-0.2, 0) is 4.74 Å². The Morgan fingerprint density at radius 2 is 2.21 bits per heavy atom. The van der Waals surface area contributed by atoms with Crippen LogP contribution in [-0.4, -0.2) is 59.9 Å². The van der Waals surface area contributed by atoms with Crippen molar-refractivity contribution in [2.45, 2.75) is 52.2 Å². The second-order valence-corrected chi connectivity index (χ2v) is 10.0. The minimum Gasteiger partial charge on any atom is -0.477 e. The lowest BCUT2D eigenvalue weighted by Gasteiger charge is -2.27. The van der Waals surface area contributed by atoms with Gasteiger partial charge in [0, 0.05) is 37.5 Å². The molecule has 158 valence electrons. The Labute approximate surface area is 175 Å². The van der Waals surface area contributed by atoms with E-state index in [4.69, 9.17) is 4.74 Å². The van der Waals surface area contributed by atoms with Gasteiger partial charge in [0.1, 0.15) is 10.5 Å². The van der Waals surface area contributed by atoms with E-state index in [9.17, 15) is 14.7 Å². The van der Waals surface area contributed by atoms with Crippen LogP contribution < -0.4 is 10.6 Å². The summed E-state index contributed by atoms with van der Waals surface area (Å²) >= 11 is 1.17. The number of rotatable bonds is 4. The van der Waals surface area contributed by atoms with Gasteiger partial charge in [-0.15, -0.1) is 11.3 Å². The number of aromatic carboxylic acids is 1. The summed E-state index contributed by atoms with van der Waals surface area (Å²) in [6.07, 6.45) is 1.24. The summed E-state index contributed by atoms with van der Waals surface area (Å²) in [5, 5.41) is 16.1. The summed E-state index contributed by atoms with van der Waals surface area (Å²) in [5.41, 5.74) is -0.0425. The Bertz CT molecular complexity index is 840. The lowest BCUT2D eigenvalue weighted by molar-refractivity contribution is 0.0184. The molecule has 3 heterocycles. The third-order valence-corrected chi connectivity index (χ3v) is 5.99. The molecule has 1 unspecified atom stereocenters. The monoisotopic (exact) mass is 419 g/mol. The van der Waals surface area contributed by atoms with Gasteiger partial charge in [-0.05, 0) is 46.7 Å². The second-order valence-electron chi connectivity index (χ2n) is 8.98. The van der Waals surface area contributed by atoms with Gasteiger partial charge in [-0.3, -0.25) is 0 Å². The van der Waals surface area contributed by atoms with Crippen LogP contribution in [0.5, 0.6) is 0 Å². The van der Waals surface area contributed by atoms with Crippen LogP contribution in [0.4, 0.5) is 10.5 Å². The molecular weight excluding hydrogens is 390 g/mol. The molecule has 3 rings (SSSR count). The van der Waals surface area contributed by atoms with Crippen molar-refractivity contribution in [3.05, 3.63) is 15.8 Å². The number of carbonyl (C=O) groups excluding carboxylic acids is 1. The summed E-state index contributed by atoms with van der Waals surface area (Å²) in [6, 6.07) is 1.77. The van der Waals surface area contributed by atoms with E-state index in [1.54, 1.807) is 11.0 Å². The highest BCUT2D eigenvalue weighted by molar-refractivity contribution is 7.15. The molecule has 3 N–H and O–H groups in total. The number of amides is 1. The predicted octanol–water partition coefficient (Wildman–Crippen LogP) is 3.22. The second kappa shape index (κ2) is 8.25. The molecule has 1 aromatic heterocycles. The van der Waals surface area contributed by atoms with Gasteiger partial charge < -0.3 is 25.4 Å². The molecule has 0 radical (unpaired) electrons. The van der Waals surface area contributed by atoms with Crippen molar-refractivity contribution < 1.29 is 19.4 Å². The van der Waals surface area contributed by atoms with E-state index in [1.807, 2.05) is 27.7 Å². The average Bonchev–Trinajstić information content (AvgIpc) is 3.33. The first kappa shape index (κ1) is 21.5. The molecule has 0 bridgehead atoms. The predicted molar refractivity (Wildman–Crippen MR) is 114 cm³/mol. The fourth-order valence-corrected chi connectivity index (χ4v) is 4.20. The summed E-state index contributed by atoms with van der Waals surface area (Å²) in [6.45, 7) is 10.6. The van der Waals surface area contributed by atoms with E-state index < -0.39 is 11.6 Å². The molecule has 1 aromatic rings. The summed E-state index contributed by atoms with van der Waals surface area (Å²) < 4.78 is 5.70. The van der Waals surface area contributed by atoms with Crippen molar-refractivity contribution in [2.24, 2.45) is 5.41 Å². The van der Waals surface area contributed by atoms with E-state index in [0.29, 0.717) is 25.3 Å². The smallest absolute Gasteiger partial charge is 0.410 e. The molecule has 2 aliphatic rings. The molecule has 2 fully saturated rings. The highest BCUT2D eigenvalue weighted by Crippen LogP contribution is 2.29. The number of carboxylic acid groups (broad SMARTS) is 1. The molecule has 2 aliphatic heterocycles. The zero-order chi connectivity index (χ0) is 21.2. The fourth-order valence-electron chi connectivity index (χ4n) is 3.39. The number of nitrogens with one attached hydrogen (secondary N) is 2. The number of hydrogen-bond donors (Lipinski definition) is 3. The first-order valence-electron chi connectivity index (χ1n) is 9.90. The number of ether oxygens (including phenoxy) is 1. The van der Waals surface area contributed by atoms with Crippen LogP contribution in [0.25, 0.3) is 0 Å². The Morgan fingerprint density at radius 3 is 2.83 bits per heavy atom. The molecule has 7 nitrogen and oxygen atoms in total. The Kier molecular flexibility index (Phi) is 6.11. The Balaban J connectivity index is 1.64. The zero-order valence-electron chi connectivity index (χ0n) is 17.4. The topological polar surface area (TPSA) is 90.9 Å². The van der Waals surface area contributed by atoms with E-state index in [2.05, 4.69) is 22.5 Å². The third-order valence-electron chi connectivity index (χ3n) is 4.96. The molecule has 0 aromatic carbocycles. The van der Waals surface area contributed by atoms with Crippen molar-refractivity contribution in [3.8, 4) is 11.8 Å². The molecule has 2 saturated heterocycles. The molecule has 8 heteroatoms. The van der Waals surface area contributed by atoms with Crippen molar-refractivity contribution >= 4 is 29.1 Å². The lowest BCUT2D eigenvalue weighted by atomic mass is 9.98. The Morgan fingerprint density at radius 1 is 1.45 bits per heavy atom. The van der Waals surface area contributed by atoms with Crippen molar-refractivity contribution in [3.63, 3.8) is 0 Å². The molecule has 0 spiro atoms. The maximum atomic E-state index is 12.5. The number of carbonyl (C=O) groups is 2. The summed E-state index contributed by atoms with van der Waals surface area (Å²) in [4.78, 5) is 26.8. The number of likely N-dealkylation sites (tertiary alicyclic amines) is 1. The molecule has 29 heavy (non-hydrogen) atoms. The maximum Gasteiger partial charge on any atom is 0.410 e. The van der Waals surface area contributed by atoms with Gasteiger partial charge in [-0.25, -0.2) is 9.59 Å². The number of carboxylic acids is 1. The van der Waals surface area contributed by atoms with Crippen LogP contribution in [0.1, 0.15) is 55.1 Å². The van der Waals surface area contributed by atoms with E-state index in [0.717, 1.165) is 24.3 Å². The molecule has 0 aliphatic carbocycles. The van der Waals surface area contributed by atoms with Gasteiger partial charge in [-0.2, -0.15) is 0 Å². The van der Waals surface area contributed by atoms with Gasteiger partial charge in [-0.1, -0.05) is 11.8 Å². The molecule has 1 amide bonds. The van der Waals surface area contributed by atoms with Crippen molar-refractivity contribution in [1.82, 2.24) is 10.2 Å². The lowest BCUT2D eigenvalue weighted by Crippen LogP contribution is -2.40.